The van der Waals surface area contributed by atoms with Crippen LogP contribution < -0.4 is 4.74 Å². The predicted octanol–water partition coefficient (Wildman–Crippen LogP) is 2.68. The summed E-state index contributed by atoms with van der Waals surface area (Å²) in [5.41, 5.74) is 0.614. The molecule has 0 heterocycles. The first-order valence-corrected chi connectivity index (χ1v) is 4.48. The summed E-state index contributed by atoms with van der Waals surface area (Å²) in [6.45, 7) is 4.04. The van der Waals surface area contributed by atoms with Gasteiger partial charge in [0.2, 0.25) is 0 Å². The van der Waals surface area contributed by atoms with Crippen molar-refractivity contribution in [3.63, 3.8) is 0 Å². The van der Waals surface area contributed by atoms with E-state index >= 15 is 0 Å². The maximum absolute atomic E-state index is 10.6. The van der Waals surface area contributed by atoms with Gasteiger partial charge in [0.1, 0.15) is 5.75 Å². The van der Waals surface area contributed by atoms with Crippen LogP contribution in [0.5, 0.6) is 5.75 Å². The summed E-state index contributed by atoms with van der Waals surface area (Å²) in [6, 6.07) is 7.26. The Hall–Kier alpha value is -1.31. The molecule has 2 nitrogen and oxygen atoms in total. The van der Waals surface area contributed by atoms with E-state index in [0.29, 0.717) is 11.3 Å². The van der Waals surface area contributed by atoms with Crippen LogP contribution in [0.15, 0.2) is 24.3 Å². The zero-order valence-corrected chi connectivity index (χ0v) is 7.99. The Labute approximate surface area is 78.5 Å². The van der Waals surface area contributed by atoms with E-state index in [0.717, 1.165) is 12.7 Å². The second-order valence-corrected chi connectivity index (χ2v) is 2.99. The van der Waals surface area contributed by atoms with E-state index in [9.17, 15) is 4.79 Å². The second-order valence-electron chi connectivity index (χ2n) is 2.99. The molecule has 0 aromatic heterocycles. The quantitative estimate of drug-likeness (QED) is 0.662. The molecule has 0 bridgehead atoms. The zero-order valence-electron chi connectivity index (χ0n) is 7.99. The molecular formula is C11H14O2. The van der Waals surface area contributed by atoms with Crippen LogP contribution in [-0.2, 0) is 0 Å². The number of aldehydes is 1. The average Bonchev–Trinajstić information content (AvgIpc) is 2.18. The monoisotopic (exact) mass is 178 g/mol. The lowest BCUT2D eigenvalue weighted by Crippen LogP contribution is -2.10. The maximum Gasteiger partial charge on any atom is 0.153 e. The van der Waals surface area contributed by atoms with Gasteiger partial charge in [0.25, 0.3) is 0 Å². The molecule has 0 aliphatic heterocycles. The van der Waals surface area contributed by atoms with Gasteiger partial charge in [-0.15, -0.1) is 0 Å². The van der Waals surface area contributed by atoms with Crippen molar-refractivity contribution in [3.8, 4) is 5.75 Å². The molecule has 0 fully saturated rings. The Morgan fingerprint density at radius 3 is 2.77 bits per heavy atom. The third-order valence-electron chi connectivity index (χ3n) is 1.95. The summed E-state index contributed by atoms with van der Waals surface area (Å²) in [7, 11) is 0. The molecule has 1 unspecified atom stereocenters. The standard InChI is InChI=1S/C11H14O2/c1-3-9(2)13-11-7-5-4-6-10(11)8-12/h4-9H,3H2,1-2H3. The van der Waals surface area contributed by atoms with Crippen LogP contribution in [-0.4, -0.2) is 12.4 Å². The molecule has 1 aromatic carbocycles. The Morgan fingerprint density at radius 2 is 2.15 bits per heavy atom. The number of hydrogen-bond acceptors (Lipinski definition) is 2. The van der Waals surface area contributed by atoms with Crippen molar-refractivity contribution in [2.45, 2.75) is 26.4 Å². The van der Waals surface area contributed by atoms with Crippen LogP contribution in [0.1, 0.15) is 30.6 Å². The summed E-state index contributed by atoms with van der Waals surface area (Å²) in [5, 5.41) is 0. The average molecular weight is 178 g/mol. The van der Waals surface area contributed by atoms with E-state index in [2.05, 4.69) is 0 Å². The van der Waals surface area contributed by atoms with Gasteiger partial charge >= 0.3 is 0 Å². The Kier molecular flexibility index (Phi) is 3.50. The summed E-state index contributed by atoms with van der Waals surface area (Å²) in [4.78, 5) is 10.6. The minimum atomic E-state index is 0.154. The second kappa shape index (κ2) is 4.65. The highest BCUT2D eigenvalue weighted by Gasteiger charge is 2.04. The van der Waals surface area contributed by atoms with E-state index in [1.54, 1.807) is 6.07 Å². The van der Waals surface area contributed by atoms with E-state index in [4.69, 9.17) is 4.74 Å². The predicted molar refractivity (Wildman–Crippen MR) is 52.2 cm³/mol. The molecule has 1 aromatic rings. The largest absolute Gasteiger partial charge is 0.490 e. The Bertz CT molecular complexity index is 281. The van der Waals surface area contributed by atoms with E-state index < -0.39 is 0 Å². The molecule has 0 aliphatic rings. The smallest absolute Gasteiger partial charge is 0.153 e. The van der Waals surface area contributed by atoms with Crippen molar-refractivity contribution in [1.82, 2.24) is 0 Å². The van der Waals surface area contributed by atoms with Crippen LogP contribution in [0.3, 0.4) is 0 Å². The van der Waals surface area contributed by atoms with Gasteiger partial charge in [0.05, 0.1) is 11.7 Å². The lowest BCUT2D eigenvalue weighted by Gasteiger charge is -2.13. The highest BCUT2D eigenvalue weighted by Crippen LogP contribution is 2.17. The molecule has 0 saturated carbocycles. The van der Waals surface area contributed by atoms with Crippen LogP contribution in [0.2, 0.25) is 0 Å². The molecule has 0 radical (unpaired) electrons. The molecule has 2 heteroatoms. The SMILES string of the molecule is CCC(C)Oc1ccccc1C=O. The van der Waals surface area contributed by atoms with Gasteiger partial charge in [-0.05, 0) is 25.5 Å². The molecule has 1 rings (SSSR count). The first-order chi connectivity index (χ1) is 6.27. The third kappa shape index (κ3) is 2.58. The van der Waals surface area contributed by atoms with Gasteiger partial charge in [-0.2, -0.15) is 0 Å². The van der Waals surface area contributed by atoms with E-state index in [-0.39, 0.29) is 6.10 Å². The van der Waals surface area contributed by atoms with Crippen molar-refractivity contribution >= 4 is 6.29 Å². The van der Waals surface area contributed by atoms with Crippen molar-refractivity contribution in [2.75, 3.05) is 0 Å². The number of hydrogen-bond donors (Lipinski definition) is 0. The Morgan fingerprint density at radius 1 is 1.46 bits per heavy atom. The number of rotatable bonds is 4. The first kappa shape index (κ1) is 9.78. The molecule has 70 valence electrons. The molecule has 13 heavy (non-hydrogen) atoms. The lowest BCUT2D eigenvalue weighted by molar-refractivity contribution is 0.111. The van der Waals surface area contributed by atoms with Gasteiger partial charge in [0, 0.05) is 0 Å². The summed E-state index contributed by atoms with van der Waals surface area (Å²) < 4.78 is 5.55. The van der Waals surface area contributed by atoms with E-state index in [1.165, 1.54) is 0 Å². The van der Waals surface area contributed by atoms with Gasteiger partial charge in [0.15, 0.2) is 6.29 Å². The van der Waals surface area contributed by atoms with Crippen LogP contribution >= 0.6 is 0 Å². The number of carbonyl (C=O) groups excluding carboxylic acids is 1. The van der Waals surface area contributed by atoms with Gasteiger partial charge in [-0.25, -0.2) is 0 Å². The normalized spacial score (nSPS) is 12.2. The molecule has 0 saturated heterocycles. The molecule has 0 aliphatic carbocycles. The fourth-order valence-corrected chi connectivity index (χ4v) is 0.985. The van der Waals surface area contributed by atoms with Crippen molar-refractivity contribution < 1.29 is 9.53 Å². The molecule has 0 amide bonds. The number of benzene rings is 1. The molecular weight excluding hydrogens is 164 g/mol. The van der Waals surface area contributed by atoms with Crippen LogP contribution in [0, 0.1) is 0 Å². The fourth-order valence-electron chi connectivity index (χ4n) is 0.985. The summed E-state index contributed by atoms with van der Waals surface area (Å²) in [5.74, 6) is 0.673. The first-order valence-electron chi connectivity index (χ1n) is 4.48. The Balaban J connectivity index is 2.80. The van der Waals surface area contributed by atoms with Crippen LogP contribution in [0.4, 0.5) is 0 Å². The fraction of sp³-hybridized carbons (Fsp3) is 0.364. The maximum atomic E-state index is 10.6. The molecule has 1 atom stereocenters. The topological polar surface area (TPSA) is 26.3 Å². The third-order valence-corrected chi connectivity index (χ3v) is 1.95. The van der Waals surface area contributed by atoms with Crippen molar-refractivity contribution in [3.05, 3.63) is 29.8 Å². The summed E-state index contributed by atoms with van der Waals surface area (Å²) >= 11 is 0. The van der Waals surface area contributed by atoms with Crippen molar-refractivity contribution in [2.24, 2.45) is 0 Å². The van der Waals surface area contributed by atoms with Gasteiger partial charge < -0.3 is 4.74 Å². The van der Waals surface area contributed by atoms with Crippen molar-refractivity contribution in [1.29, 1.82) is 0 Å². The highest BCUT2D eigenvalue weighted by atomic mass is 16.5. The van der Waals surface area contributed by atoms with Gasteiger partial charge in [-0.1, -0.05) is 19.1 Å². The molecule has 0 spiro atoms. The number of ether oxygens (including phenoxy) is 1. The zero-order chi connectivity index (χ0) is 9.68. The highest BCUT2D eigenvalue weighted by molar-refractivity contribution is 5.79. The minimum absolute atomic E-state index is 0.154. The lowest BCUT2D eigenvalue weighted by atomic mass is 10.2. The summed E-state index contributed by atoms with van der Waals surface area (Å²) in [6.07, 6.45) is 1.91. The van der Waals surface area contributed by atoms with E-state index in [1.807, 2.05) is 32.0 Å². The van der Waals surface area contributed by atoms with Gasteiger partial charge in [-0.3, -0.25) is 4.79 Å². The minimum Gasteiger partial charge on any atom is -0.490 e. The number of para-hydroxylation sites is 1. The van der Waals surface area contributed by atoms with Crippen LogP contribution in [0.25, 0.3) is 0 Å². The molecule has 0 N–H and O–H groups in total. The number of carbonyl (C=O) groups is 1.